The van der Waals surface area contributed by atoms with Gasteiger partial charge in [0.05, 0.1) is 18.2 Å². The van der Waals surface area contributed by atoms with Crippen LogP contribution in [0.2, 0.25) is 0 Å². The molecule has 0 bridgehead atoms. The van der Waals surface area contributed by atoms with Crippen molar-refractivity contribution < 1.29 is 18.4 Å². The maximum Gasteiger partial charge on any atom is 0.360 e. The molecule has 0 aliphatic heterocycles. The van der Waals surface area contributed by atoms with Gasteiger partial charge in [0.2, 0.25) is 5.89 Å². The van der Waals surface area contributed by atoms with Gasteiger partial charge in [-0.15, -0.1) is 0 Å². The Balaban J connectivity index is 1.62. The summed E-state index contributed by atoms with van der Waals surface area (Å²) in [5, 5.41) is 0. The number of H-pyrrole nitrogens is 1. The van der Waals surface area contributed by atoms with E-state index in [0.717, 1.165) is 16.7 Å². The summed E-state index contributed by atoms with van der Waals surface area (Å²) in [5.41, 5.74) is 2.62. The highest BCUT2D eigenvalue weighted by Crippen LogP contribution is 2.38. The van der Waals surface area contributed by atoms with E-state index in [0.29, 0.717) is 29.3 Å². The Morgan fingerprint density at radius 3 is 2.75 bits per heavy atom. The molecule has 36 heavy (non-hydrogen) atoms. The standard InChI is InChI=1S/C26H24N4O6/c1-4-20-28-23-19(36-20)9-7-15-10-14(3)6-8-16(15)22(23)17-11-30(26(33)29-24(17)31)12-21-27-18(13-35-21)25(32)34-5-2/h6-11,13,22H,4-5,12H2,1-3H3,(H,29,31,33). The largest absolute Gasteiger partial charge is 0.461 e. The van der Waals surface area contributed by atoms with Crippen LogP contribution < -0.4 is 11.2 Å². The van der Waals surface area contributed by atoms with Crippen LogP contribution in [0, 0.1) is 6.92 Å². The van der Waals surface area contributed by atoms with Crippen LogP contribution in [0.4, 0.5) is 0 Å². The first kappa shape index (κ1) is 23.3. The van der Waals surface area contributed by atoms with Crippen molar-refractivity contribution in [2.45, 2.75) is 39.7 Å². The molecule has 10 nitrogen and oxygen atoms in total. The van der Waals surface area contributed by atoms with Gasteiger partial charge < -0.3 is 13.6 Å². The van der Waals surface area contributed by atoms with Crippen LogP contribution in [-0.2, 0) is 17.7 Å². The number of rotatable bonds is 6. The third kappa shape index (κ3) is 4.21. The lowest BCUT2D eigenvalue weighted by Gasteiger charge is -2.18. The van der Waals surface area contributed by atoms with Crippen LogP contribution in [0.3, 0.4) is 0 Å². The van der Waals surface area contributed by atoms with Crippen molar-refractivity contribution in [2.24, 2.45) is 0 Å². The first-order valence-electron chi connectivity index (χ1n) is 11.6. The van der Waals surface area contributed by atoms with E-state index < -0.39 is 23.1 Å². The van der Waals surface area contributed by atoms with E-state index in [1.54, 1.807) is 6.92 Å². The summed E-state index contributed by atoms with van der Waals surface area (Å²) in [6, 6.07) is 5.96. The fourth-order valence-electron chi connectivity index (χ4n) is 4.28. The maximum absolute atomic E-state index is 13.1. The molecule has 5 rings (SSSR count). The predicted molar refractivity (Wildman–Crippen MR) is 130 cm³/mol. The lowest BCUT2D eigenvalue weighted by atomic mass is 9.87. The van der Waals surface area contributed by atoms with E-state index in [1.165, 1.54) is 17.0 Å². The predicted octanol–water partition coefficient (Wildman–Crippen LogP) is 3.27. The molecule has 0 spiro atoms. The number of aromatic amines is 1. The third-order valence-corrected chi connectivity index (χ3v) is 5.96. The summed E-state index contributed by atoms with van der Waals surface area (Å²) in [5.74, 6) is 0.0398. The minimum absolute atomic E-state index is 0.00280. The zero-order chi connectivity index (χ0) is 25.4. The summed E-state index contributed by atoms with van der Waals surface area (Å²) in [6.07, 6.45) is 7.05. The number of nitrogens with zero attached hydrogens (tertiary/aromatic N) is 3. The number of nitrogens with one attached hydrogen (secondary N) is 1. The highest BCUT2D eigenvalue weighted by atomic mass is 16.5. The number of benzene rings is 1. The molecule has 0 saturated carbocycles. The third-order valence-electron chi connectivity index (χ3n) is 5.96. The summed E-state index contributed by atoms with van der Waals surface area (Å²) in [7, 11) is 0. The number of carbonyl (C=O) groups excluding carboxylic acids is 1. The van der Waals surface area contributed by atoms with Crippen molar-refractivity contribution in [3.63, 3.8) is 0 Å². The van der Waals surface area contributed by atoms with Gasteiger partial charge >= 0.3 is 11.7 Å². The Labute approximate surface area is 205 Å². The lowest BCUT2D eigenvalue weighted by Crippen LogP contribution is -2.33. The molecule has 1 unspecified atom stereocenters. The number of carbonyl (C=O) groups is 1. The minimum Gasteiger partial charge on any atom is -0.461 e. The molecule has 1 atom stereocenters. The molecule has 0 amide bonds. The maximum atomic E-state index is 13.1. The van der Waals surface area contributed by atoms with Crippen molar-refractivity contribution in [1.29, 1.82) is 0 Å². The summed E-state index contributed by atoms with van der Waals surface area (Å²) < 4.78 is 17.5. The molecular weight excluding hydrogens is 464 g/mol. The Kier molecular flexibility index (Phi) is 6.01. The zero-order valence-electron chi connectivity index (χ0n) is 20.0. The summed E-state index contributed by atoms with van der Waals surface area (Å²) in [6.45, 7) is 5.72. The SMILES string of the molecule is CCOC(=O)c1coc(Cn2cc(C3c4ccc(C)cc4C=Cc4oc(CC)nc43)c(=O)[nH]c2=O)n1. The molecule has 3 aromatic heterocycles. The molecule has 0 fully saturated rings. The minimum atomic E-state index is -0.634. The van der Waals surface area contributed by atoms with Crippen molar-refractivity contribution in [2.75, 3.05) is 6.61 Å². The van der Waals surface area contributed by atoms with Gasteiger partial charge in [-0.3, -0.25) is 14.3 Å². The van der Waals surface area contributed by atoms with Gasteiger partial charge in [0.25, 0.3) is 5.56 Å². The van der Waals surface area contributed by atoms with E-state index in [4.69, 9.17) is 13.6 Å². The van der Waals surface area contributed by atoms with E-state index in [1.807, 2.05) is 44.2 Å². The lowest BCUT2D eigenvalue weighted by molar-refractivity contribution is 0.0519. The van der Waals surface area contributed by atoms with Gasteiger partial charge in [-0.25, -0.2) is 19.6 Å². The van der Waals surface area contributed by atoms with Crippen LogP contribution in [0.1, 0.15) is 75.7 Å². The van der Waals surface area contributed by atoms with Gasteiger partial charge in [-0.05, 0) is 31.1 Å². The van der Waals surface area contributed by atoms with Crippen LogP contribution in [0.15, 0.2) is 49.1 Å². The van der Waals surface area contributed by atoms with Gasteiger partial charge in [0.1, 0.15) is 12.8 Å². The van der Waals surface area contributed by atoms with Crippen molar-refractivity contribution in [1.82, 2.24) is 19.5 Å². The van der Waals surface area contributed by atoms with Crippen molar-refractivity contribution >= 4 is 18.1 Å². The topological polar surface area (TPSA) is 133 Å². The zero-order valence-corrected chi connectivity index (χ0v) is 20.0. The molecule has 1 aromatic carbocycles. The highest BCUT2D eigenvalue weighted by molar-refractivity contribution is 5.86. The number of ether oxygens (including phenoxy) is 1. The average molecular weight is 489 g/mol. The molecule has 1 N–H and O–H groups in total. The van der Waals surface area contributed by atoms with E-state index in [-0.39, 0.29) is 24.7 Å². The second-order valence-electron chi connectivity index (χ2n) is 8.43. The number of hydrogen-bond acceptors (Lipinski definition) is 8. The molecule has 184 valence electrons. The molecule has 0 saturated heterocycles. The van der Waals surface area contributed by atoms with Gasteiger partial charge in [0, 0.05) is 18.2 Å². The molecule has 0 radical (unpaired) electrons. The van der Waals surface area contributed by atoms with Gasteiger partial charge in [0.15, 0.2) is 17.3 Å². The fourth-order valence-corrected chi connectivity index (χ4v) is 4.28. The van der Waals surface area contributed by atoms with Crippen LogP contribution >= 0.6 is 0 Å². The van der Waals surface area contributed by atoms with Crippen molar-refractivity contribution in [3.8, 4) is 0 Å². The van der Waals surface area contributed by atoms with Crippen LogP contribution in [-0.4, -0.2) is 32.1 Å². The Morgan fingerprint density at radius 2 is 1.97 bits per heavy atom. The number of fused-ring (bicyclic) bond motifs is 2. The number of oxazole rings is 2. The Hall–Kier alpha value is -4.47. The van der Waals surface area contributed by atoms with E-state index in [9.17, 15) is 14.4 Å². The number of esters is 1. The normalized spacial score (nSPS) is 14.2. The molecule has 10 heteroatoms. The average Bonchev–Trinajstić information content (AvgIpc) is 3.46. The number of aromatic nitrogens is 4. The Bertz CT molecular complexity index is 1600. The molecule has 4 aromatic rings. The van der Waals surface area contributed by atoms with Gasteiger partial charge in [-0.2, -0.15) is 0 Å². The summed E-state index contributed by atoms with van der Waals surface area (Å²) >= 11 is 0. The van der Waals surface area contributed by atoms with Gasteiger partial charge in [-0.1, -0.05) is 36.8 Å². The first-order valence-corrected chi connectivity index (χ1v) is 11.6. The molecule has 1 aliphatic carbocycles. The second-order valence-corrected chi connectivity index (χ2v) is 8.43. The van der Waals surface area contributed by atoms with Crippen molar-refractivity contribution in [3.05, 3.63) is 103 Å². The number of hydrogen-bond donors (Lipinski definition) is 1. The molecular formula is C26H24N4O6. The second kappa shape index (κ2) is 9.29. The van der Waals surface area contributed by atoms with Crippen LogP contribution in [0.5, 0.6) is 0 Å². The highest BCUT2D eigenvalue weighted by Gasteiger charge is 2.30. The molecule has 3 heterocycles. The quantitative estimate of drug-likeness (QED) is 0.360. The molecule has 1 aliphatic rings. The van der Waals surface area contributed by atoms with E-state index >= 15 is 0 Å². The number of aryl methyl sites for hydroxylation is 2. The Morgan fingerprint density at radius 1 is 1.14 bits per heavy atom. The van der Waals surface area contributed by atoms with E-state index in [2.05, 4.69) is 15.0 Å². The smallest absolute Gasteiger partial charge is 0.360 e. The van der Waals surface area contributed by atoms with Crippen LogP contribution in [0.25, 0.3) is 12.2 Å². The fraction of sp³-hybridized carbons (Fsp3) is 0.269. The summed E-state index contributed by atoms with van der Waals surface area (Å²) in [4.78, 5) is 48.9. The first-order chi connectivity index (χ1) is 17.4. The monoisotopic (exact) mass is 488 g/mol.